The summed E-state index contributed by atoms with van der Waals surface area (Å²) in [6.07, 6.45) is 8.56. The van der Waals surface area contributed by atoms with Crippen molar-refractivity contribution in [2.75, 3.05) is 0 Å². The van der Waals surface area contributed by atoms with Gasteiger partial charge >= 0.3 is 0 Å². The zero-order valence-electron chi connectivity index (χ0n) is 17.1. The summed E-state index contributed by atoms with van der Waals surface area (Å²) in [4.78, 5) is 12.7. The van der Waals surface area contributed by atoms with Crippen LogP contribution in [0.3, 0.4) is 0 Å². The third kappa shape index (κ3) is 6.39. The van der Waals surface area contributed by atoms with Crippen molar-refractivity contribution in [3.63, 3.8) is 0 Å². The normalized spacial score (nSPS) is 12.5. The number of ketones is 1. The number of unbranched alkanes of at least 4 members (excludes halogenated alkanes) is 1. The lowest BCUT2D eigenvalue weighted by molar-refractivity contribution is -0.111. The molecule has 2 aromatic carbocycles. The number of hydrogen-bond acceptors (Lipinski definition) is 4. The number of carbonyl (C=O) groups is 1. The molecule has 0 aliphatic heterocycles. The number of hydrogen-bond donors (Lipinski definition) is 3. The molecular formula is C25H28O4. The maximum Gasteiger partial charge on any atom is 0.185 e. The summed E-state index contributed by atoms with van der Waals surface area (Å²) < 4.78 is 0. The molecule has 0 spiro atoms. The minimum absolute atomic E-state index is 0.0549. The molecule has 0 bridgehead atoms. The van der Waals surface area contributed by atoms with Crippen LogP contribution >= 0.6 is 0 Å². The van der Waals surface area contributed by atoms with E-state index in [-0.39, 0.29) is 23.0 Å². The zero-order valence-corrected chi connectivity index (χ0v) is 17.1. The molecule has 0 unspecified atom stereocenters. The van der Waals surface area contributed by atoms with Crippen molar-refractivity contribution < 1.29 is 20.1 Å². The van der Waals surface area contributed by atoms with E-state index in [0.29, 0.717) is 12.0 Å². The largest absolute Gasteiger partial charge is 0.508 e. The van der Waals surface area contributed by atoms with Gasteiger partial charge in [0.1, 0.15) is 17.3 Å². The van der Waals surface area contributed by atoms with Gasteiger partial charge in [0.25, 0.3) is 0 Å². The van der Waals surface area contributed by atoms with Crippen molar-refractivity contribution in [2.24, 2.45) is 0 Å². The van der Waals surface area contributed by atoms with Crippen LogP contribution in [0.5, 0.6) is 11.5 Å². The Kier molecular flexibility index (Phi) is 7.84. The number of phenolic OH excluding ortho intramolecular Hbond substituents is 2. The van der Waals surface area contributed by atoms with Crippen molar-refractivity contribution in [3.05, 3.63) is 82.1 Å². The van der Waals surface area contributed by atoms with Crippen LogP contribution < -0.4 is 0 Å². The SMILES string of the molecule is CCCC/C(C(=O)/C=C/c1ccc(O)c(C)c1)=C(O)\C=C\c1ccc(O)c(C)c1. The van der Waals surface area contributed by atoms with Crippen molar-refractivity contribution in [1.29, 1.82) is 0 Å². The van der Waals surface area contributed by atoms with Gasteiger partial charge in [-0.05, 0) is 85.4 Å². The van der Waals surface area contributed by atoms with Gasteiger partial charge in [0, 0.05) is 5.57 Å². The molecule has 3 N–H and O–H groups in total. The van der Waals surface area contributed by atoms with Crippen LogP contribution in [-0.4, -0.2) is 21.1 Å². The number of aryl methyl sites for hydroxylation is 2. The molecule has 4 heteroatoms. The Morgan fingerprint density at radius 3 is 1.90 bits per heavy atom. The van der Waals surface area contributed by atoms with Gasteiger partial charge in [-0.15, -0.1) is 0 Å². The molecule has 0 amide bonds. The number of carbonyl (C=O) groups excluding carboxylic acids is 1. The second-order valence-electron chi connectivity index (χ2n) is 7.09. The monoisotopic (exact) mass is 392 g/mol. The van der Waals surface area contributed by atoms with E-state index in [1.165, 1.54) is 12.2 Å². The Morgan fingerprint density at radius 2 is 1.41 bits per heavy atom. The van der Waals surface area contributed by atoms with Crippen LogP contribution in [-0.2, 0) is 4.79 Å². The highest BCUT2D eigenvalue weighted by molar-refractivity contribution is 6.06. The standard InChI is InChI=1S/C25H28O4/c1-4-5-6-21(24(28)13-9-19-7-11-22(26)17(2)15-19)25(29)14-10-20-8-12-23(27)18(3)16-20/h7-16,26-28H,4-6H2,1-3H3/b13-9+,14-10+,24-21-. The third-order valence-corrected chi connectivity index (χ3v) is 4.69. The molecule has 4 nitrogen and oxygen atoms in total. The Hall–Kier alpha value is -3.27. The van der Waals surface area contributed by atoms with Gasteiger partial charge < -0.3 is 15.3 Å². The van der Waals surface area contributed by atoms with E-state index in [0.717, 1.165) is 35.1 Å². The Labute approximate surface area is 172 Å². The molecule has 29 heavy (non-hydrogen) atoms. The summed E-state index contributed by atoms with van der Waals surface area (Å²) in [6.45, 7) is 5.63. The highest BCUT2D eigenvalue weighted by atomic mass is 16.3. The van der Waals surface area contributed by atoms with Crippen LogP contribution in [0, 0.1) is 13.8 Å². The van der Waals surface area contributed by atoms with Gasteiger partial charge in [-0.25, -0.2) is 0 Å². The number of benzene rings is 2. The van der Waals surface area contributed by atoms with E-state index in [4.69, 9.17) is 0 Å². The first kappa shape index (κ1) is 22.0. The van der Waals surface area contributed by atoms with Crippen molar-refractivity contribution >= 4 is 17.9 Å². The van der Waals surface area contributed by atoms with Crippen molar-refractivity contribution in [3.8, 4) is 11.5 Å². The fourth-order valence-electron chi connectivity index (χ4n) is 2.84. The highest BCUT2D eigenvalue weighted by Gasteiger charge is 2.11. The molecule has 0 heterocycles. The van der Waals surface area contributed by atoms with E-state index in [2.05, 4.69) is 0 Å². The molecule has 0 fully saturated rings. The number of phenols is 2. The Balaban J connectivity index is 2.25. The molecule has 2 aromatic rings. The smallest absolute Gasteiger partial charge is 0.185 e. The van der Waals surface area contributed by atoms with Crippen LogP contribution in [0.4, 0.5) is 0 Å². The van der Waals surface area contributed by atoms with Crippen LogP contribution in [0.2, 0.25) is 0 Å². The summed E-state index contributed by atoms with van der Waals surface area (Å²) in [6, 6.07) is 10.3. The van der Waals surface area contributed by atoms with Crippen LogP contribution in [0.25, 0.3) is 12.2 Å². The van der Waals surface area contributed by atoms with Gasteiger partial charge in [-0.1, -0.05) is 37.6 Å². The lowest BCUT2D eigenvalue weighted by Gasteiger charge is -2.06. The fourth-order valence-corrected chi connectivity index (χ4v) is 2.84. The van der Waals surface area contributed by atoms with Crippen molar-refractivity contribution in [2.45, 2.75) is 40.0 Å². The number of aromatic hydroxyl groups is 2. The van der Waals surface area contributed by atoms with E-state index < -0.39 is 0 Å². The van der Waals surface area contributed by atoms with Gasteiger partial charge in [0.15, 0.2) is 5.78 Å². The number of allylic oxidation sites excluding steroid dienone is 3. The molecule has 0 aliphatic rings. The van der Waals surface area contributed by atoms with E-state index in [1.54, 1.807) is 62.4 Å². The average Bonchev–Trinajstić information content (AvgIpc) is 2.70. The molecule has 0 saturated carbocycles. The first-order valence-corrected chi connectivity index (χ1v) is 9.73. The molecule has 152 valence electrons. The third-order valence-electron chi connectivity index (χ3n) is 4.69. The number of aliphatic hydroxyl groups excluding tert-OH is 1. The molecule has 0 radical (unpaired) electrons. The van der Waals surface area contributed by atoms with Crippen molar-refractivity contribution in [1.82, 2.24) is 0 Å². The first-order chi connectivity index (χ1) is 13.8. The molecule has 0 aliphatic carbocycles. The summed E-state index contributed by atoms with van der Waals surface area (Å²) >= 11 is 0. The van der Waals surface area contributed by atoms with E-state index in [1.807, 2.05) is 6.92 Å². The molecule has 2 rings (SSSR count). The topological polar surface area (TPSA) is 77.8 Å². The van der Waals surface area contributed by atoms with E-state index >= 15 is 0 Å². The second kappa shape index (κ2) is 10.3. The molecule has 0 saturated heterocycles. The lowest BCUT2D eigenvalue weighted by atomic mass is 10.0. The number of rotatable bonds is 8. The van der Waals surface area contributed by atoms with Gasteiger partial charge in [-0.2, -0.15) is 0 Å². The van der Waals surface area contributed by atoms with Gasteiger partial charge in [-0.3, -0.25) is 4.79 Å². The molecular weight excluding hydrogens is 364 g/mol. The second-order valence-corrected chi connectivity index (χ2v) is 7.09. The average molecular weight is 392 g/mol. The summed E-state index contributed by atoms with van der Waals surface area (Å²) in [5.74, 6) is 0.133. The minimum atomic E-state index is -0.242. The molecule has 0 atom stereocenters. The maximum atomic E-state index is 12.7. The summed E-state index contributed by atoms with van der Waals surface area (Å²) in [5, 5.41) is 29.8. The number of aliphatic hydroxyl groups is 1. The fraction of sp³-hybridized carbons (Fsp3) is 0.240. The van der Waals surface area contributed by atoms with E-state index in [9.17, 15) is 20.1 Å². The van der Waals surface area contributed by atoms with Gasteiger partial charge in [0.2, 0.25) is 0 Å². The molecule has 0 aromatic heterocycles. The highest BCUT2D eigenvalue weighted by Crippen LogP contribution is 2.21. The Morgan fingerprint density at radius 1 is 0.897 bits per heavy atom. The quantitative estimate of drug-likeness (QED) is 0.292. The predicted molar refractivity (Wildman–Crippen MR) is 118 cm³/mol. The van der Waals surface area contributed by atoms with Gasteiger partial charge in [0.05, 0.1) is 0 Å². The first-order valence-electron chi connectivity index (χ1n) is 9.73. The lowest BCUT2D eigenvalue weighted by Crippen LogP contribution is -2.02. The summed E-state index contributed by atoms with van der Waals surface area (Å²) in [7, 11) is 0. The summed E-state index contributed by atoms with van der Waals surface area (Å²) in [5.41, 5.74) is 3.47. The Bertz CT molecular complexity index is 965. The zero-order chi connectivity index (χ0) is 21.4. The predicted octanol–water partition coefficient (Wildman–Crippen LogP) is 6.01. The maximum absolute atomic E-state index is 12.7. The van der Waals surface area contributed by atoms with Crippen LogP contribution in [0.1, 0.15) is 48.4 Å². The minimum Gasteiger partial charge on any atom is -0.508 e. The van der Waals surface area contributed by atoms with Crippen LogP contribution in [0.15, 0.2) is 59.9 Å².